The molecule has 162 valence electrons. The number of aromatic nitrogens is 2. The van der Waals surface area contributed by atoms with Gasteiger partial charge in [-0.3, -0.25) is 4.79 Å². The Kier molecular flexibility index (Phi) is 5.85. The minimum Gasteiger partial charge on any atom is -0.488 e. The van der Waals surface area contributed by atoms with Crippen molar-refractivity contribution < 1.29 is 9.13 Å². The lowest BCUT2D eigenvalue weighted by atomic mass is 10.2. The Labute approximate surface area is 183 Å². The molecule has 0 saturated carbocycles. The summed E-state index contributed by atoms with van der Waals surface area (Å²) in [7, 11) is 3.81. The van der Waals surface area contributed by atoms with Crippen LogP contribution in [-0.4, -0.2) is 30.0 Å². The highest BCUT2D eigenvalue weighted by atomic mass is 19.1. The monoisotopic (exact) mass is 432 g/mol. The maximum atomic E-state index is 13.2. The van der Waals surface area contributed by atoms with E-state index < -0.39 is 11.2 Å². The van der Waals surface area contributed by atoms with Crippen LogP contribution in [0.15, 0.2) is 81.4 Å². The molecular formula is C24H21FN4O3. The Bertz CT molecular complexity index is 1410. The van der Waals surface area contributed by atoms with Crippen LogP contribution < -0.4 is 20.9 Å². The van der Waals surface area contributed by atoms with Crippen molar-refractivity contribution in [2.24, 2.45) is 5.10 Å². The van der Waals surface area contributed by atoms with Gasteiger partial charge in [0, 0.05) is 31.4 Å². The first kappa shape index (κ1) is 21.0. The van der Waals surface area contributed by atoms with Crippen LogP contribution >= 0.6 is 0 Å². The number of hydrogen-bond donors (Lipinski definition) is 1. The average Bonchev–Trinajstić information content (AvgIpc) is 2.79. The van der Waals surface area contributed by atoms with Crippen molar-refractivity contribution >= 4 is 22.8 Å². The molecule has 0 radical (unpaired) electrons. The number of rotatable bonds is 6. The maximum absolute atomic E-state index is 13.2. The second-order valence-electron chi connectivity index (χ2n) is 7.37. The fraction of sp³-hybridized carbons (Fsp3) is 0.125. The van der Waals surface area contributed by atoms with E-state index in [0.717, 1.165) is 15.9 Å². The quantitative estimate of drug-likeness (QED) is 0.474. The number of nitrogens with zero attached hydrogens (tertiary/aromatic N) is 3. The first-order chi connectivity index (χ1) is 15.4. The average molecular weight is 432 g/mol. The molecule has 8 heteroatoms. The molecule has 0 atom stereocenters. The van der Waals surface area contributed by atoms with E-state index in [1.807, 2.05) is 31.1 Å². The van der Waals surface area contributed by atoms with Crippen LogP contribution in [0.4, 0.5) is 10.1 Å². The third-order valence-electron chi connectivity index (χ3n) is 4.92. The molecule has 0 aliphatic heterocycles. The molecule has 7 nitrogen and oxygen atoms in total. The molecule has 4 rings (SSSR count). The number of para-hydroxylation sites is 1. The lowest BCUT2D eigenvalue weighted by molar-refractivity contribution is 0.305. The zero-order valence-corrected chi connectivity index (χ0v) is 17.6. The number of aromatic amines is 1. The third-order valence-corrected chi connectivity index (χ3v) is 4.92. The van der Waals surface area contributed by atoms with Crippen LogP contribution in [0, 0.1) is 5.82 Å². The maximum Gasteiger partial charge on any atom is 0.349 e. The van der Waals surface area contributed by atoms with Crippen molar-refractivity contribution in [1.29, 1.82) is 0 Å². The summed E-state index contributed by atoms with van der Waals surface area (Å²) in [6.45, 7) is 0.217. The smallest absolute Gasteiger partial charge is 0.349 e. The van der Waals surface area contributed by atoms with E-state index in [1.165, 1.54) is 18.3 Å². The summed E-state index contributed by atoms with van der Waals surface area (Å²) in [5.41, 5.74) is 1.58. The van der Waals surface area contributed by atoms with Gasteiger partial charge in [-0.2, -0.15) is 5.10 Å². The first-order valence-electron chi connectivity index (χ1n) is 9.89. The molecule has 0 bridgehead atoms. The Morgan fingerprint density at radius 1 is 1.06 bits per heavy atom. The van der Waals surface area contributed by atoms with Crippen LogP contribution in [-0.2, 0) is 6.61 Å². The van der Waals surface area contributed by atoms with Crippen LogP contribution in [0.25, 0.3) is 10.9 Å². The number of benzene rings is 3. The highest BCUT2D eigenvalue weighted by Crippen LogP contribution is 2.25. The van der Waals surface area contributed by atoms with Gasteiger partial charge in [0.15, 0.2) is 0 Å². The molecule has 0 fully saturated rings. The van der Waals surface area contributed by atoms with E-state index >= 15 is 0 Å². The Hall–Kier alpha value is -4.20. The van der Waals surface area contributed by atoms with Crippen LogP contribution in [0.1, 0.15) is 11.1 Å². The van der Waals surface area contributed by atoms with Crippen molar-refractivity contribution in [3.8, 4) is 5.75 Å². The number of fused-ring (bicyclic) bond motifs is 1. The molecule has 1 N–H and O–H groups in total. The molecule has 0 saturated heterocycles. The molecule has 1 heterocycles. The minimum absolute atomic E-state index is 0.217. The fourth-order valence-electron chi connectivity index (χ4n) is 3.15. The zero-order chi connectivity index (χ0) is 22.7. The number of H-pyrrole nitrogens is 1. The Balaban J connectivity index is 1.69. The van der Waals surface area contributed by atoms with Gasteiger partial charge in [0.25, 0.3) is 5.56 Å². The van der Waals surface area contributed by atoms with Gasteiger partial charge in [-0.1, -0.05) is 24.3 Å². The summed E-state index contributed by atoms with van der Waals surface area (Å²) in [5, 5.41) is 4.48. The fourth-order valence-corrected chi connectivity index (χ4v) is 3.15. The van der Waals surface area contributed by atoms with Crippen LogP contribution in [0.2, 0.25) is 0 Å². The highest BCUT2D eigenvalue weighted by Gasteiger charge is 2.09. The Morgan fingerprint density at radius 3 is 2.56 bits per heavy atom. The number of halogens is 1. The SMILES string of the molecule is CN(C)c1ccc(C=Nn2c(=O)[nH]c3ccccc3c2=O)c(OCc2ccc(F)cc2)c1. The highest BCUT2D eigenvalue weighted by molar-refractivity contribution is 5.85. The van der Waals surface area contributed by atoms with Gasteiger partial charge in [0.1, 0.15) is 18.2 Å². The van der Waals surface area contributed by atoms with E-state index in [2.05, 4.69) is 10.1 Å². The molecule has 4 aromatic rings. The molecular weight excluding hydrogens is 411 g/mol. The summed E-state index contributed by atoms with van der Waals surface area (Å²) in [6.07, 6.45) is 1.41. The van der Waals surface area contributed by atoms with E-state index in [1.54, 1.807) is 42.5 Å². The summed E-state index contributed by atoms with van der Waals surface area (Å²) < 4.78 is 19.9. The van der Waals surface area contributed by atoms with E-state index in [9.17, 15) is 14.0 Å². The third kappa shape index (κ3) is 4.44. The summed E-state index contributed by atoms with van der Waals surface area (Å²) >= 11 is 0. The molecule has 32 heavy (non-hydrogen) atoms. The van der Waals surface area contributed by atoms with E-state index in [0.29, 0.717) is 22.2 Å². The second-order valence-corrected chi connectivity index (χ2v) is 7.37. The standard InChI is InChI=1S/C24H21FN4O3/c1-28(2)19-12-9-17(22(13-19)32-15-16-7-10-18(25)11-8-16)14-26-29-23(30)20-5-3-4-6-21(20)27-24(29)31/h3-14H,15H2,1-2H3,(H,27,31). The predicted octanol–water partition coefficient (Wildman–Crippen LogP) is 3.36. The molecule has 0 spiro atoms. The van der Waals surface area contributed by atoms with Gasteiger partial charge >= 0.3 is 5.69 Å². The van der Waals surface area contributed by atoms with Gasteiger partial charge in [0.05, 0.1) is 17.1 Å². The van der Waals surface area contributed by atoms with E-state index in [4.69, 9.17) is 4.74 Å². The molecule has 0 aliphatic carbocycles. The summed E-state index contributed by atoms with van der Waals surface area (Å²) in [6, 6.07) is 18.3. The minimum atomic E-state index is -0.636. The van der Waals surface area contributed by atoms with Gasteiger partial charge in [-0.15, -0.1) is 4.68 Å². The van der Waals surface area contributed by atoms with Crippen molar-refractivity contribution in [3.05, 3.63) is 105 Å². The number of ether oxygens (including phenoxy) is 1. The lowest BCUT2D eigenvalue weighted by Crippen LogP contribution is -2.32. The molecule has 0 aliphatic rings. The van der Waals surface area contributed by atoms with E-state index in [-0.39, 0.29) is 12.4 Å². The van der Waals surface area contributed by atoms with Crippen LogP contribution in [0.5, 0.6) is 5.75 Å². The lowest BCUT2D eigenvalue weighted by Gasteiger charge is -2.16. The normalized spacial score (nSPS) is 11.2. The zero-order valence-electron chi connectivity index (χ0n) is 17.6. The predicted molar refractivity (Wildman–Crippen MR) is 123 cm³/mol. The van der Waals surface area contributed by atoms with Gasteiger partial charge in [-0.05, 0) is 42.0 Å². The van der Waals surface area contributed by atoms with Crippen molar-refractivity contribution in [2.45, 2.75) is 6.61 Å². The van der Waals surface area contributed by atoms with Gasteiger partial charge < -0.3 is 14.6 Å². The molecule has 1 aromatic heterocycles. The molecule has 0 amide bonds. The second kappa shape index (κ2) is 8.89. The molecule has 0 unspecified atom stereocenters. The Morgan fingerprint density at radius 2 is 1.81 bits per heavy atom. The molecule has 3 aromatic carbocycles. The summed E-state index contributed by atoms with van der Waals surface area (Å²) in [5.74, 6) is 0.191. The number of anilines is 1. The number of hydrogen-bond acceptors (Lipinski definition) is 5. The first-order valence-corrected chi connectivity index (χ1v) is 9.89. The van der Waals surface area contributed by atoms with Crippen molar-refractivity contribution in [1.82, 2.24) is 9.66 Å². The number of nitrogens with one attached hydrogen (secondary N) is 1. The van der Waals surface area contributed by atoms with Crippen LogP contribution in [0.3, 0.4) is 0 Å². The topological polar surface area (TPSA) is 79.7 Å². The van der Waals surface area contributed by atoms with Crippen molar-refractivity contribution in [3.63, 3.8) is 0 Å². The van der Waals surface area contributed by atoms with Gasteiger partial charge in [-0.25, -0.2) is 9.18 Å². The van der Waals surface area contributed by atoms with Gasteiger partial charge in [0.2, 0.25) is 0 Å². The largest absolute Gasteiger partial charge is 0.488 e. The van der Waals surface area contributed by atoms with Crippen molar-refractivity contribution in [2.75, 3.05) is 19.0 Å². The summed E-state index contributed by atoms with van der Waals surface area (Å²) in [4.78, 5) is 29.6.